The molecule has 2 aliphatic heterocycles. The van der Waals surface area contributed by atoms with Crippen molar-refractivity contribution in [2.75, 3.05) is 55.7 Å². The van der Waals surface area contributed by atoms with E-state index in [1.807, 2.05) is 56.3 Å². The second kappa shape index (κ2) is 16.0. The van der Waals surface area contributed by atoms with Crippen LogP contribution in [0.1, 0.15) is 37.4 Å². The zero-order valence-corrected chi connectivity index (χ0v) is 29.8. The minimum absolute atomic E-state index is 0.0421. The maximum atomic E-state index is 12.8. The van der Waals surface area contributed by atoms with Crippen LogP contribution in [0.4, 0.5) is 11.4 Å². The molecule has 3 atom stereocenters. The monoisotopic (exact) mass is 731 g/mol. The summed E-state index contributed by atoms with van der Waals surface area (Å²) in [5, 5.41) is 26.3. The van der Waals surface area contributed by atoms with Crippen LogP contribution in [0.5, 0.6) is 5.75 Å². The lowest BCUT2D eigenvalue weighted by Crippen LogP contribution is -2.46. The number of benzene rings is 3. The average molecular weight is 733 g/mol. The van der Waals surface area contributed by atoms with Crippen LogP contribution in [0, 0.1) is 16.7 Å². The standard InChI is InChI=1S/C36H39Cl2N9O4/c1-3-25(2)47-35(48)46(24-43-47)29-7-5-28(6-8-29)44-14-16-45(17-15-44)30-9-11-34(26(18-30)20-40)49-21-31-22-50-36(51-31,23-42-41-13-12-39)32-10-4-27(37)19-33(32)38/h4-13,18-19,24-25,31,39,42H,3,14-17,21-23H2,1-2H3/b39-12?,41-13-/t25?,31-,36-/m1/s1. The largest absolute Gasteiger partial charge is 0.489 e. The molecule has 0 bridgehead atoms. The third-order valence-corrected chi connectivity index (χ3v) is 9.65. The first-order valence-electron chi connectivity index (χ1n) is 16.7. The Balaban J connectivity index is 1.06. The molecule has 2 N–H and O–H groups in total. The fraction of sp³-hybridized carbons (Fsp3) is 0.361. The first-order valence-corrected chi connectivity index (χ1v) is 17.5. The number of hydrogen-bond acceptors (Lipinski definition) is 11. The van der Waals surface area contributed by atoms with Crippen molar-refractivity contribution >= 4 is 47.0 Å². The lowest BCUT2D eigenvalue weighted by molar-refractivity contribution is -0.175. The van der Waals surface area contributed by atoms with Crippen molar-refractivity contribution in [3.8, 4) is 17.5 Å². The van der Waals surface area contributed by atoms with Crippen LogP contribution in [0.25, 0.3) is 5.69 Å². The number of anilines is 2. The van der Waals surface area contributed by atoms with Gasteiger partial charge in [-0.1, -0.05) is 36.2 Å². The predicted molar refractivity (Wildman–Crippen MR) is 198 cm³/mol. The Morgan fingerprint density at radius 2 is 1.80 bits per heavy atom. The summed E-state index contributed by atoms with van der Waals surface area (Å²) in [6.45, 7) is 7.63. The van der Waals surface area contributed by atoms with E-state index in [4.69, 9.17) is 42.8 Å². The molecule has 1 unspecified atom stereocenters. The van der Waals surface area contributed by atoms with Gasteiger partial charge in [0.05, 0.1) is 41.7 Å². The van der Waals surface area contributed by atoms with Gasteiger partial charge in [-0.2, -0.15) is 15.5 Å². The minimum atomic E-state index is -1.27. The van der Waals surface area contributed by atoms with E-state index >= 15 is 0 Å². The Morgan fingerprint density at radius 3 is 2.49 bits per heavy atom. The molecule has 15 heteroatoms. The maximum absolute atomic E-state index is 12.8. The Labute approximate surface area is 306 Å². The highest BCUT2D eigenvalue weighted by Crippen LogP contribution is 2.39. The molecule has 0 saturated carbocycles. The number of hydrazone groups is 1. The molecule has 3 aromatic carbocycles. The van der Waals surface area contributed by atoms with E-state index in [9.17, 15) is 10.1 Å². The van der Waals surface area contributed by atoms with Gasteiger partial charge in [-0.05, 0) is 67.9 Å². The minimum Gasteiger partial charge on any atom is -0.489 e. The molecule has 0 amide bonds. The van der Waals surface area contributed by atoms with Gasteiger partial charge in [-0.25, -0.2) is 14.0 Å². The smallest absolute Gasteiger partial charge is 0.350 e. The second-order valence-electron chi connectivity index (χ2n) is 12.3. The second-order valence-corrected chi connectivity index (χ2v) is 13.1. The lowest BCUT2D eigenvalue weighted by atomic mass is 10.1. The molecule has 2 aliphatic rings. The van der Waals surface area contributed by atoms with Crippen molar-refractivity contribution in [3.05, 3.63) is 98.6 Å². The Hall–Kier alpha value is -4.87. The van der Waals surface area contributed by atoms with Crippen LogP contribution in [-0.2, 0) is 15.3 Å². The molecule has 0 aliphatic carbocycles. The first kappa shape index (κ1) is 35.9. The molecular weight excluding hydrogens is 693 g/mol. The predicted octanol–water partition coefficient (Wildman–Crippen LogP) is 5.38. The van der Waals surface area contributed by atoms with Crippen LogP contribution in [-0.4, -0.2) is 78.8 Å². The number of nitriles is 1. The lowest BCUT2D eigenvalue weighted by Gasteiger charge is -2.37. The van der Waals surface area contributed by atoms with Crippen molar-refractivity contribution in [2.24, 2.45) is 5.10 Å². The topological polar surface area (TPSA) is 146 Å². The van der Waals surface area contributed by atoms with E-state index in [1.165, 1.54) is 10.9 Å². The van der Waals surface area contributed by atoms with Crippen molar-refractivity contribution in [1.82, 2.24) is 19.8 Å². The van der Waals surface area contributed by atoms with Gasteiger partial charge in [0.25, 0.3) is 0 Å². The number of piperazine rings is 1. The molecule has 0 spiro atoms. The number of ether oxygens (including phenoxy) is 3. The summed E-state index contributed by atoms with van der Waals surface area (Å²) < 4.78 is 21.7. The summed E-state index contributed by atoms with van der Waals surface area (Å²) in [7, 11) is 0. The van der Waals surface area contributed by atoms with Crippen LogP contribution in [0.3, 0.4) is 0 Å². The van der Waals surface area contributed by atoms with E-state index in [2.05, 4.69) is 31.5 Å². The van der Waals surface area contributed by atoms with E-state index in [0.29, 0.717) is 26.9 Å². The summed E-state index contributed by atoms with van der Waals surface area (Å²) in [6, 6.07) is 21.0. The maximum Gasteiger partial charge on any atom is 0.350 e. The Kier molecular flexibility index (Phi) is 11.3. The van der Waals surface area contributed by atoms with Gasteiger partial charge in [-0.15, -0.1) is 0 Å². The highest BCUT2D eigenvalue weighted by Gasteiger charge is 2.45. The molecule has 266 valence electrons. The summed E-state index contributed by atoms with van der Waals surface area (Å²) >= 11 is 12.7. The van der Waals surface area contributed by atoms with Gasteiger partial charge in [-0.3, -0.25) is 0 Å². The van der Waals surface area contributed by atoms with Gasteiger partial charge < -0.3 is 34.8 Å². The van der Waals surface area contributed by atoms with Crippen molar-refractivity contribution in [3.63, 3.8) is 0 Å². The molecule has 3 heterocycles. The SMILES string of the molecule is CCC(C)n1ncn(-c2ccc(N3CCN(c4ccc(OC[C@@H]5CO[C@@](CN/N=C\C=N)(c6ccc(Cl)cc6Cl)O5)c(C#N)c4)CC3)cc2)c1=O. The molecule has 1 aromatic heterocycles. The third-order valence-electron chi connectivity index (χ3n) is 9.10. The summed E-state index contributed by atoms with van der Waals surface area (Å²) in [5.41, 5.74) is 6.52. The van der Waals surface area contributed by atoms with Gasteiger partial charge in [0, 0.05) is 54.4 Å². The first-order chi connectivity index (χ1) is 24.7. The molecular formula is C36H39Cl2N9O4. The highest BCUT2D eigenvalue weighted by atomic mass is 35.5. The van der Waals surface area contributed by atoms with Gasteiger partial charge in [0.15, 0.2) is 0 Å². The van der Waals surface area contributed by atoms with Gasteiger partial charge in [0.1, 0.15) is 30.9 Å². The summed E-state index contributed by atoms with van der Waals surface area (Å²) in [6.07, 6.45) is 4.29. The number of halogens is 2. The molecule has 6 rings (SSSR count). The normalized spacial score (nSPS) is 19.6. The Bertz CT molecular complexity index is 1970. The third kappa shape index (κ3) is 7.89. The zero-order valence-electron chi connectivity index (χ0n) is 28.3. The van der Waals surface area contributed by atoms with E-state index < -0.39 is 11.9 Å². The fourth-order valence-electron chi connectivity index (χ4n) is 6.14. The molecule has 4 aromatic rings. The van der Waals surface area contributed by atoms with Crippen molar-refractivity contribution in [1.29, 1.82) is 10.7 Å². The van der Waals surface area contributed by atoms with Crippen LogP contribution in [0.2, 0.25) is 10.0 Å². The molecule has 0 radical (unpaired) electrons. The molecule has 51 heavy (non-hydrogen) atoms. The highest BCUT2D eigenvalue weighted by molar-refractivity contribution is 6.35. The molecule has 13 nitrogen and oxygen atoms in total. The fourth-order valence-corrected chi connectivity index (χ4v) is 6.69. The van der Waals surface area contributed by atoms with Crippen LogP contribution in [0.15, 0.2) is 76.9 Å². The van der Waals surface area contributed by atoms with E-state index in [-0.39, 0.29) is 31.5 Å². The van der Waals surface area contributed by atoms with Crippen LogP contribution < -0.4 is 25.7 Å². The summed E-state index contributed by atoms with van der Waals surface area (Å²) in [5.74, 6) is -0.814. The number of hydrogen-bond donors (Lipinski definition) is 2. The number of rotatable bonds is 13. The van der Waals surface area contributed by atoms with Crippen LogP contribution >= 0.6 is 23.2 Å². The number of nitrogens with zero attached hydrogens (tertiary/aromatic N) is 7. The molecule has 2 saturated heterocycles. The quantitative estimate of drug-likeness (QED) is 0.137. The van der Waals surface area contributed by atoms with Gasteiger partial charge in [0.2, 0.25) is 5.79 Å². The van der Waals surface area contributed by atoms with E-state index in [1.54, 1.807) is 29.1 Å². The van der Waals surface area contributed by atoms with Crippen molar-refractivity contribution < 1.29 is 14.2 Å². The van der Waals surface area contributed by atoms with Crippen molar-refractivity contribution in [2.45, 2.75) is 38.2 Å². The zero-order chi connectivity index (χ0) is 36.0. The number of nitrogens with one attached hydrogen (secondary N) is 2. The average Bonchev–Trinajstić information content (AvgIpc) is 3.76. The molecule has 2 fully saturated rings. The summed E-state index contributed by atoms with van der Waals surface area (Å²) in [4.78, 5) is 17.4. The van der Waals surface area contributed by atoms with Gasteiger partial charge >= 0.3 is 5.69 Å². The Morgan fingerprint density at radius 1 is 1.10 bits per heavy atom. The van der Waals surface area contributed by atoms with E-state index in [0.717, 1.165) is 55.9 Å². The number of aromatic nitrogens is 3.